The molecule has 1 fully saturated rings. The molecule has 1 atom stereocenters. The summed E-state index contributed by atoms with van der Waals surface area (Å²) in [5.74, 6) is -0.860. The molecular formula is C12H14BrNO2. The van der Waals surface area contributed by atoms with E-state index in [1.165, 1.54) is 0 Å². The third kappa shape index (κ3) is 2.07. The van der Waals surface area contributed by atoms with E-state index in [-0.39, 0.29) is 0 Å². The van der Waals surface area contributed by atoms with Crippen LogP contribution in [0.1, 0.15) is 30.1 Å². The van der Waals surface area contributed by atoms with Gasteiger partial charge in [-0.2, -0.15) is 0 Å². The lowest BCUT2D eigenvalue weighted by atomic mass is 10.1. The molecule has 0 aliphatic carbocycles. The largest absolute Gasteiger partial charge is 0.478 e. The molecule has 1 aromatic rings. The molecule has 0 saturated carbocycles. The average Bonchev–Trinajstić information content (AvgIpc) is 2.63. The molecule has 1 heterocycles. The zero-order valence-electron chi connectivity index (χ0n) is 9.11. The Morgan fingerprint density at radius 2 is 2.31 bits per heavy atom. The van der Waals surface area contributed by atoms with E-state index in [1.54, 1.807) is 12.1 Å². The summed E-state index contributed by atoms with van der Waals surface area (Å²) in [5, 5.41) is 9.16. The summed E-state index contributed by atoms with van der Waals surface area (Å²) in [6.07, 6.45) is 2.26. The van der Waals surface area contributed by atoms with Crippen molar-refractivity contribution in [2.45, 2.75) is 25.8 Å². The lowest BCUT2D eigenvalue weighted by molar-refractivity contribution is 0.0697. The van der Waals surface area contributed by atoms with Gasteiger partial charge in [0, 0.05) is 17.1 Å². The minimum absolute atomic E-state index is 0.386. The molecule has 0 radical (unpaired) electrons. The Bertz CT molecular complexity index is 419. The number of anilines is 1. The van der Waals surface area contributed by atoms with Gasteiger partial charge in [0.25, 0.3) is 0 Å². The third-order valence-corrected chi connectivity index (χ3v) is 3.55. The number of aromatic carboxylic acids is 1. The Balaban J connectivity index is 2.44. The highest BCUT2D eigenvalue weighted by molar-refractivity contribution is 9.10. The van der Waals surface area contributed by atoms with Crippen molar-refractivity contribution in [3.8, 4) is 0 Å². The SMILES string of the molecule is CC1CCCN1c1cc(Br)ccc1C(=O)O. The molecule has 1 aliphatic heterocycles. The van der Waals surface area contributed by atoms with Crippen LogP contribution < -0.4 is 4.90 Å². The van der Waals surface area contributed by atoms with E-state index in [2.05, 4.69) is 27.8 Å². The van der Waals surface area contributed by atoms with Crippen LogP contribution in [-0.4, -0.2) is 23.7 Å². The van der Waals surface area contributed by atoms with Crippen molar-refractivity contribution in [2.75, 3.05) is 11.4 Å². The summed E-state index contributed by atoms with van der Waals surface area (Å²) in [7, 11) is 0. The molecule has 1 saturated heterocycles. The Morgan fingerprint density at radius 3 is 2.88 bits per heavy atom. The molecule has 1 aliphatic rings. The standard InChI is InChI=1S/C12H14BrNO2/c1-8-3-2-6-14(8)11-7-9(13)4-5-10(11)12(15)16/h4-5,7-8H,2-3,6H2,1H3,(H,15,16). The van der Waals surface area contributed by atoms with E-state index in [9.17, 15) is 4.79 Å². The van der Waals surface area contributed by atoms with E-state index in [4.69, 9.17) is 5.11 Å². The van der Waals surface area contributed by atoms with Gasteiger partial charge in [-0.3, -0.25) is 0 Å². The van der Waals surface area contributed by atoms with Crippen LogP contribution in [0, 0.1) is 0 Å². The fraction of sp³-hybridized carbons (Fsp3) is 0.417. The summed E-state index contributed by atoms with van der Waals surface area (Å²) in [6.45, 7) is 3.08. The van der Waals surface area contributed by atoms with E-state index < -0.39 is 5.97 Å². The maximum absolute atomic E-state index is 11.2. The summed E-state index contributed by atoms with van der Waals surface area (Å²) < 4.78 is 0.923. The molecule has 0 aromatic heterocycles. The average molecular weight is 284 g/mol. The first-order valence-corrected chi connectivity index (χ1v) is 6.18. The van der Waals surface area contributed by atoms with E-state index >= 15 is 0 Å². The molecule has 1 aromatic carbocycles. The van der Waals surface area contributed by atoms with Gasteiger partial charge in [0.2, 0.25) is 0 Å². The van der Waals surface area contributed by atoms with Gasteiger partial charge in [-0.15, -0.1) is 0 Å². The minimum Gasteiger partial charge on any atom is -0.478 e. The van der Waals surface area contributed by atoms with Crippen LogP contribution in [0.25, 0.3) is 0 Å². The normalized spacial score (nSPS) is 20.1. The second-order valence-electron chi connectivity index (χ2n) is 4.15. The van der Waals surface area contributed by atoms with Gasteiger partial charge in [0.05, 0.1) is 11.3 Å². The van der Waals surface area contributed by atoms with Crippen LogP contribution in [0.15, 0.2) is 22.7 Å². The second-order valence-corrected chi connectivity index (χ2v) is 5.07. The fourth-order valence-corrected chi connectivity index (χ4v) is 2.56. The molecule has 1 N–H and O–H groups in total. The van der Waals surface area contributed by atoms with E-state index in [1.807, 2.05) is 6.07 Å². The molecule has 4 heteroatoms. The van der Waals surface area contributed by atoms with Crippen molar-refractivity contribution in [1.82, 2.24) is 0 Å². The molecule has 1 unspecified atom stereocenters. The van der Waals surface area contributed by atoms with Crippen molar-refractivity contribution in [3.63, 3.8) is 0 Å². The lowest BCUT2D eigenvalue weighted by Gasteiger charge is -2.25. The first kappa shape index (κ1) is 11.5. The number of hydrogen-bond donors (Lipinski definition) is 1. The van der Waals surface area contributed by atoms with Crippen LogP contribution in [0.4, 0.5) is 5.69 Å². The zero-order valence-corrected chi connectivity index (χ0v) is 10.7. The highest BCUT2D eigenvalue weighted by Gasteiger charge is 2.24. The number of carboxylic acids is 1. The Labute approximate surface area is 103 Å². The van der Waals surface area contributed by atoms with Crippen molar-refractivity contribution in [2.24, 2.45) is 0 Å². The number of carbonyl (C=O) groups is 1. The number of hydrogen-bond acceptors (Lipinski definition) is 2. The van der Waals surface area contributed by atoms with Crippen LogP contribution in [0.2, 0.25) is 0 Å². The van der Waals surface area contributed by atoms with Gasteiger partial charge in [-0.05, 0) is 38.0 Å². The number of halogens is 1. The first-order chi connectivity index (χ1) is 7.59. The van der Waals surface area contributed by atoms with E-state index in [0.29, 0.717) is 11.6 Å². The first-order valence-electron chi connectivity index (χ1n) is 5.39. The molecular weight excluding hydrogens is 270 g/mol. The number of rotatable bonds is 2. The van der Waals surface area contributed by atoms with Gasteiger partial charge in [0.15, 0.2) is 0 Å². The highest BCUT2D eigenvalue weighted by Crippen LogP contribution is 2.31. The molecule has 0 bridgehead atoms. The third-order valence-electron chi connectivity index (χ3n) is 3.05. The van der Waals surface area contributed by atoms with Gasteiger partial charge in [-0.25, -0.2) is 4.79 Å². The summed E-state index contributed by atoms with van der Waals surface area (Å²) in [6, 6.07) is 5.75. The molecule has 0 spiro atoms. The quantitative estimate of drug-likeness (QED) is 0.907. The van der Waals surface area contributed by atoms with Crippen molar-refractivity contribution in [3.05, 3.63) is 28.2 Å². The fourth-order valence-electron chi connectivity index (χ4n) is 2.21. The summed E-state index contributed by atoms with van der Waals surface area (Å²) >= 11 is 3.39. The van der Waals surface area contributed by atoms with Crippen LogP contribution in [-0.2, 0) is 0 Å². The monoisotopic (exact) mass is 283 g/mol. The number of carboxylic acid groups (broad SMARTS) is 1. The van der Waals surface area contributed by atoms with E-state index in [0.717, 1.165) is 29.5 Å². The zero-order chi connectivity index (χ0) is 11.7. The molecule has 86 valence electrons. The van der Waals surface area contributed by atoms with Gasteiger partial charge < -0.3 is 10.0 Å². The minimum atomic E-state index is -0.860. The topological polar surface area (TPSA) is 40.5 Å². The number of benzene rings is 1. The van der Waals surface area contributed by atoms with Crippen LogP contribution in [0.3, 0.4) is 0 Å². The summed E-state index contributed by atoms with van der Waals surface area (Å²) in [5.41, 5.74) is 1.21. The molecule has 0 amide bonds. The maximum atomic E-state index is 11.2. The van der Waals surface area contributed by atoms with Crippen molar-refractivity contribution >= 4 is 27.6 Å². The maximum Gasteiger partial charge on any atom is 0.337 e. The van der Waals surface area contributed by atoms with Crippen LogP contribution >= 0.6 is 15.9 Å². The van der Waals surface area contributed by atoms with Crippen molar-refractivity contribution in [1.29, 1.82) is 0 Å². The Hall–Kier alpha value is -1.03. The Kier molecular flexibility index (Phi) is 3.19. The van der Waals surface area contributed by atoms with Crippen LogP contribution in [0.5, 0.6) is 0 Å². The molecule has 3 nitrogen and oxygen atoms in total. The summed E-state index contributed by atoms with van der Waals surface area (Å²) in [4.78, 5) is 13.3. The Morgan fingerprint density at radius 1 is 1.56 bits per heavy atom. The number of nitrogens with zero attached hydrogens (tertiary/aromatic N) is 1. The van der Waals surface area contributed by atoms with Gasteiger partial charge in [0.1, 0.15) is 0 Å². The van der Waals surface area contributed by atoms with Crippen molar-refractivity contribution < 1.29 is 9.90 Å². The predicted molar refractivity (Wildman–Crippen MR) is 67.1 cm³/mol. The predicted octanol–water partition coefficient (Wildman–Crippen LogP) is 3.14. The lowest BCUT2D eigenvalue weighted by Crippen LogP contribution is -2.28. The van der Waals surface area contributed by atoms with Gasteiger partial charge in [-0.1, -0.05) is 15.9 Å². The highest BCUT2D eigenvalue weighted by atomic mass is 79.9. The second kappa shape index (κ2) is 4.45. The van der Waals surface area contributed by atoms with Gasteiger partial charge >= 0.3 is 5.97 Å². The smallest absolute Gasteiger partial charge is 0.337 e. The molecule has 16 heavy (non-hydrogen) atoms. The molecule has 2 rings (SSSR count).